The number of hydrogen-bond acceptors (Lipinski definition) is 5. The van der Waals surface area contributed by atoms with Crippen LogP contribution < -0.4 is 11.3 Å². The van der Waals surface area contributed by atoms with Crippen molar-refractivity contribution in [3.05, 3.63) is 23.8 Å². The van der Waals surface area contributed by atoms with Crippen molar-refractivity contribution in [1.29, 1.82) is 0 Å². The first kappa shape index (κ1) is 11.4. The Morgan fingerprint density at radius 3 is 2.56 bits per heavy atom. The molecule has 0 radical (unpaired) electrons. The van der Waals surface area contributed by atoms with Gasteiger partial charge in [0.25, 0.3) is 0 Å². The minimum Gasteiger partial charge on any atom is -0.381 e. The quantitative estimate of drug-likeness (QED) is 0.582. The van der Waals surface area contributed by atoms with Crippen molar-refractivity contribution >= 4 is 0 Å². The molecule has 0 aromatic carbocycles. The van der Waals surface area contributed by atoms with E-state index in [1.54, 1.807) is 0 Å². The lowest BCUT2D eigenvalue weighted by Gasteiger charge is -2.28. The zero-order valence-corrected chi connectivity index (χ0v) is 9.52. The second kappa shape index (κ2) is 5.34. The minimum atomic E-state index is 0.0319. The molecule has 2 heterocycles. The van der Waals surface area contributed by atoms with Crippen molar-refractivity contribution < 1.29 is 4.74 Å². The first-order chi connectivity index (χ1) is 7.81. The molecule has 1 fully saturated rings. The van der Waals surface area contributed by atoms with E-state index in [-0.39, 0.29) is 6.04 Å². The number of hydrogen-bond donors (Lipinski definition) is 2. The fourth-order valence-corrected chi connectivity index (χ4v) is 2.03. The number of aryl methyl sites for hydroxylation is 1. The molecule has 1 aromatic rings. The largest absolute Gasteiger partial charge is 0.381 e. The number of nitrogens with zero attached hydrogens (tertiary/aromatic N) is 2. The summed E-state index contributed by atoms with van der Waals surface area (Å²) in [6, 6.07) is 0.0319. The molecule has 2 rings (SSSR count). The van der Waals surface area contributed by atoms with Gasteiger partial charge in [-0.1, -0.05) is 0 Å². The molecule has 16 heavy (non-hydrogen) atoms. The third-order valence-corrected chi connectivity index (χ3v) is 3.00. The molecule has 88 valence electrons. The zero-order valence-electron chi connectivity index (χ0n) is 9.52. The van der Waals surface area contributed by atoms with Crippen LogP contribution in [0.3, 0.4) is 0 Å². The highest BCUT2D eigenvalue weighted by atomic mass is 16.5. The van der Waals surface area contributed by atoms with Gasteiger partial charge in [0, 0.05) is 25.6 Å². The third kappa shape index (κ3) is 2.55. The van der Waals surface area contributed by atoms with Gasteiger partial charge in [0.1, 0.15) is 5.82 Å². The predicted molar refractivity (Wildman–Crippen MR) is 60.4 cm³/mol. The molecule has 1 aliphatic heterocycles. The van der Waals surface area contributed by atoms with Crippen LogP contribution in [0.15, 0.2) is 12.4 Å². The predicted octanol–water partition coefficient (Wildman–Crippen LogP) is 0.716. The van der Waals surface area contributed by atoms with Crippen molar-refractivity contribution in [3.8, 4) is 0 Å². The van der Waals surface area contributed by atoms with Crippen molar-refractivity contribution in [3.63, 3.8) is 0 Å². The number of nitrogens with one attached hydrogen (secondary N) is 1. The summed E-state index contributed by atoms with van der Waals surface area (Å²) in [7, 11) is 0. The Morgan fingerprint density at radius 1 is 1.38 bits per heavy atom. The Kier molecular flexibility index (Phi) is 3.82. The van der Waals surface area contributed by atoms with Gasteiger partial charge in [0.05, 0.1) is 6.04 Å². The SMILES string of the molecule is Cc1cnc(C(NN)C2CCOCC2)nc1. The van der Waals surface area contributed by atoms with Crippen LogP contribution in [0.5, 0.6) is 0 Å². The van der Waals surface area contributed by atoms with Crippen LogP contribution in [0.2, 0.25) is 0 Å². The average molecular weight is 222 g/mol. The van der Waals surface area contributed by atoms with E-state index in [0.717, 1.165) is 37.4 Å². The lowest BCUT2D eigenvalue weighted by atomic mass is 9.91. The molecular formula is C11H18N4O. The summed E-state index contributed by atoms with van der Waals surface area (Å²) in [5.74, 6) is 6.84. The molecule has 1 aliphatic rings. The summed E-state index contributed by atoms with van der Waals surface area (Å²) in [5, 5.41) is 0. The van der Waals surface area contributed by atoms with Crippen LogP contribution in [-0.4, -0.2) is 23.2 Å². The van der Waals surface area contributed by atoms with Crippen LogP contribution in [0.4, 0.5) is 0 Å². The zero-order chi connectivity index (χ0) is 11.4. The number of aromatic nitrogens is 2. The van der Waals surface area contributed by atoms with E-state index in [4.69, 9.17) is 10.6 Å². The second-order valence-electron chi connectivity index (χ2n) is 4.21. The average Bonchev–Trinajstić information content (AvgIpc) is 2.34. The summed E-state index contributed by atoms with van der Waals surface area (Å²) in [6.07, 6.45) is 5.66. The maximum absolute atomic E-state index is 5.60. The lowest BCUT2D eigenvalue weighted by Crippen LogP contribution is -2.37. The van der Waals surface area contributed by atoms with E-state index in [1.165, 1.54) is 0 Å². The molecule has 0 aliphatic carbocycles. The van der Waals surface area contributed by atoms with E-state index in [1.807, 2.05) is 19.3 Å². The molecule has 5 heteroatoms. The van der Waals surface area contributed by atoms with Crippen LogP contribution in [0, 0.1) is 12.8 Å². The van der Waals surface area contributed by atoms with Crippen LogP contribution in [0.25, 0.3) is 0 Å². The molecule has 1 atom stereocenters. The van der Waals surface area contributed by atoms with E-state index in [2.05, 4.69) is 15.4 Å². The minimum absolute atomic E-state index is 0.0319. The Hall–Kier alpha value is -1.04. The summed E-state index contributed by atoms with van der Waals surface area (Å²) in [6.45, 7) is 3.58. The van der Waals surface area contributed by atoms with Crippen molar-refractivity contribution in [2.45, 2.75) is 25.8 Å². The highest BCUT2D eigenvalue weighted by Crippen LogP contribution is 2.27. The molecule has 0 bridgehead atoms. The van der Waals surface area contributed by atoms with Gasteiger partial charge in [-0.2, -0.15) is 0 Å². The van der Waals surface area contributed by atoms with Gasteiger partial charge >= 0.3 is 0 Å². The van der Waals surface area contributed by atoms with E-state index < -0.39 is 0 Å². The van der Waals surface area contributed by atoms with Crippen molar-refractivity contribution in [2.75, 3.05) is 13.2 Å². The molecule has 0 amide bonds. The fraction of sp³-hybridized carbons (Fsp3) is 0.636. The molecule has 3 N–H and O–H groups in total. The number of ether oxygens (including phenoxy) is 1. The maximum atomic E-state index is 5.60. The number of rotatable bonds is 3. The fourth-order valence-electron chi connectivity index (χ4n) is 2.03. The van der Waals surface area contributed by atoms with E-state index >= 15 is 0 Å². The van der Waals surface area contributed by atoms with E-state index in [9.17, 15) is 0 Å². The van der Waals surface area contributed by atoms with Gasteiger partial charge in [0.15, 0.2) is 0 Å². The summed E-state index contributed by atoms with van der Waals surface area (Å²) in [5.41, 5.74) is 3.89. The summed E-state index contributed by atoms with van der Waals surface area (Å²) < 4.78 is 5.34. The Balaban J connectivity index is 2.11. The smallest absolute Gasteiger partial charge is 0.146 e. The highest BCUT2D eigenvalue weighted by Gasteiger charge is 2.26. The van der Waals surface area contributed by atoms with Gasteiger partial charge in [-0.05, 0) is 31.2 Å². The van der Waals surface area contributed by atoms with Crippen molar-refractivity contribution in [1.82, 2.24) is 15.4 Å². The van der Waals surface area contributed by atoms with Crippen LogP contribution in [-0.2, 0) is 4.74 Å². The Morgan fingerprint density at radius 2 is 2.00 bits per heavy atom. The second-order valence-corrected chi connectivity index (χ2v) is 4.21. The van der Waals surface area contributed by atoms with Crippen LogP contribution in [0.1, 0.15) is 30.3 Å². The molecule has 1 unspecified atom stereocenters. The monoisotopic (exact) mass is 222 g/mol. The first-order valence-corrected chi connectivity index (χ1v) is 5.63. The molecule has 0 spiro atoms. The standard InChI is InChI=1S/C11H18N4O/c1-8-6-13-11(14-7-8)10(15-12)9-2-4-16-5-3-9/h6-7,9-10,15H,2-5,12H2,1H3. The highest BCUT2D eigenvalue weighted by molar-refractivity contribution is 5.05. The Labute approximate surface area is 95.4 Å². The number of hydrazine groups is 1. The first-order valence-electron chi connectivity index (χ1n) is 5.63. The molecule has 5 nitrogen and oxygen atoms in total. The van der Waals surface area contributed by atoms with Gasteiger partial charge in [-0.15, -0.1) is 0 Å². The maximum Gasteiger partial charge on any atom is 0.146 e. The van der Waals surface area contributed by atoms with E-state index in [0.29, 0.717) is 5.92 Å². The van der Waals surface area contributed by atoms with Gasteiger partial charge in [-0.25, -0.2) is 15.4 Å². The van der Waals surface area contributed by atoms with Gasteiger partial charge < -0.3 is 4.74 Å². The molecule has 1 saturated heterocycles. The van der Waals surface area contributed by atoms with Gasteiger partial charge in [-0.3, -0.25) is 5.84 Å². The summed E-state index contributed by atoms with van der Waals surface area (Å²) >= 11 is 0. The van der Waals surface area contributed by atoms with Crippen molar-refractivity contribution in [2.24, 2.45) is 11.8 Å². The molecular weight excluding hydrogens is 204 g/mol. The number of nitrogens with two attached hydrogens (primary N) is 1. The Bertz CT molecular complexity index is 321. The third-order valence-electron chi connectivity index (χ3n) is 3.00. The molecule has 0 saturated carbocycles. The summed E-state index contributed by atoms with van der Waals surface area (Å²) in [4.78, 5) is 8.66. The topological polar surface area (TPSA) is 73.1 Å². The lowest BCUT2D eigenvalue weighted by molar-refractivity contribution is 0.0525. The normalized spacial score (nSPS) is 19.6. The molecule has 1 aromatic heterocycles. The van der Waals surface area contributed by atoms with Crippen LogP contribution >= 0.6 is 0 Å². The van der Waals surface area contributed by atoms with Gasteiger partial charge in [0.2, 0.25) is 0 Å².